The van der Waals surface area contributed by atoms with Crippen LogP contribution in [0.25, 0.3) is 32.4 Å². The number of pyridine rings is 1. The lowest BCUT2D eigenvalue weighted by molar-refractivity contribution is 0.431. The highest BCUT2D eigenvalue weighted by Gasteiger charge is 2.23. The van der Waals surface area contributed by atoms with Crippen molar-refractivity contribution in [1.29, 1.82) is 0 Å². The quantitative estimate of drug-likeness (QED) is 0.497. The van der Waals surface area contributed by atoms with Crippen molar-refractivity contribution in [3.63, 3.8) is 0 Å². The van der Waals surface area contributed by atoms with Gasteiger partial charge in [-0.2, -0.15) is 5.10 Å². The van der Waals surface area contributed by atoms with E-state index in [2.05, 4.69) is 20.2 Å². The average Bonchev–Trinajstić information content (AvgIpc) is 3.10. The van der Waals surface area contributed by atoms with Crippen LogP contribution in [0.4, 0.5) is 13.9 Å². The monoisotopic (exact) mass is 333 g/mol. The summed E-state index contributed by atoms with van der Waals surface area (Å²) < 4.78 is 29.0. The van der Waals surface area contributed by atoms with Crippen molar-refractivity contribution in [3.05, 3.63) is 29.6 Å². The van der Waals surface area contributed by atoms with Gasteiger partial charge in [0.1, 0.15) is 5.82 Å². The minimum Gasteiger partial charge on any atom is -0.505 e. The normalized spacial score (nSPS) is 11.6. The van der Waals surface area contributed by atoms with Crippen molar-refractivity contribution < 1.29 is 13.9 Å². The van der Waals surface area contributed by atoms with E-state index in [-0.39, 0.29) is 21.6 Å². The van der Waals surface area contributed by atoms with E-state index in [0.717, 1.165) is 17.4 Å². The van der Waals surface area contributed by atoms with E-state index in [1.54, 1.807) is 6.92 Å². The Morgan fingerprint density at radius 3 is 2.74 bits per heavy atom. The SMILES string of the molecule is Cc1n[nH]c2nc(-c3cnc(N)s3)c3c(F)cc(O)c(F)c3c12. The number of phenols is 1. The number of aromatic nitrogens is 4. The Bertz CT molecular complexity index is 1090. The Balaban J connectivity index is 2.29. The van der Waals surface area contributed by atoms with Crippen LogP contribution in [0, 0.1) is 18.6 Å². The van der Waals surface area contributed by atoms with Gasteiger partial charge < -0.3 is 10.8 Å². The van der Waals surface area contributed by atoms with Crippen LogP contribution in [0.2, 0.25) is 0 Å². The molecule has 3 heterocycles. The summed E-state index contributed by atoms with van der Waals surface area (Å²) >= 11 is 1.11. The molecule has 0 radical (unpaired) electrons. The van der Waals surface area contributed by atoms with Gasteiger partial charge in [-0.1, -0.05) is 11.3 Å². The number of nitrogens with two attached hydrogens (primary N) is 1. The first-order valence-corrected chi connectivity index (χ1v) is 7.36. The number of hydrogen-bond acceptors (Lipinski definition) is 6. The zero-order chi connectivity index (χ0) is 16.3. The third-order valence-corrected chi connectivity index (χ3v) is 4.43. The first-order chi connectivity index (χ1) is 11.0. The van der Waals surface area contributed by atoms with Gasteiger partial charge in [-0.25, -0.2) is 18.7 Å². The van der Waals surface area contributed by atoms with Crippen LogP contribution in [0.1, 0.15) is 5.69 Å². The molecule has 116 valence electrons. The molecule has 1 aromatic carbocycles. The smallest absolute Gasteiger partial charge is 0.180 e. The summed E-state index contributed by atoms with van der Waals surface area (Å²) in [5.41, 5.74) is 6.56. The Morgan fingerprint density at radius 1 is 1.26 bits per heavy atom. The number of nitrogens with zero attached hydrogens (tertiary/aromatic N) is 3. The third-order valence-electron chi connectivity index (χ3n) is 3.59. The minimum absolute atomic E-state index is 0.0408. The number of hydrogen-bond donors (Lipinski definition) is 3. The molecule has 0 aliphatic carbocycles. The van der Waals surface area contributed by atoms with Crippen LogP contribution < -0.4 is 5.73 Å². The van der Waals surface area contributed by atoms with Gasteiger partial charge in [-0.15, -0.1) is 0 Å². The van der Waals surface area contributed by atoms with Gasteiger partial charge in [0.2, 0.25) is 0 Å². The zero-order valence-corrected chi connectivity index (χ0v) is 12.5. The number of nitrogen functional groups attached to an aromatic ring is 1. The second-order valence-corrected chi connectivity index (χ2v) is 6.06. The molecule has 0 spiro atoms. The Kier molecular flexibility index (Phi) is 2.76. The summed E-state index contributed by atoms with van der Waals surface area (Å²) in [6, 6.07) is 0.731. The summed E-state index contributed by atoms with van der Waals surface area (Å²) in [5, 5.41) is 16.8. The van der Waals surface area contributed by atoms with Gasteiger partial charge in [0.15, 0.2) is 22.3 Å². The molecule has 0 saturated heterocycles. The number of aromatic amines is 1. The molecule has 0 bridgehead atoms. The predicted octanol–water partition coefficient (Wildman–Crippen LogP) is 3.11. The van der Waals surface area contributed by atoms with Crippen molar-refractivity contribution in [3.8, 4) is 16.3 Å². The number of H-pyrrole nitrogens is 1. The number of benzene rings is 1. The molecule has 0 amide bonds. The third kappa shape index (κ3) is 1.86. The molecule has 0 aliphatic rings. The highest BCUT2D eigenvalue weighted by Crippen LogP contribution is 2.40. The molecular formula is C14H9F2N5OS. The van der Waals surface area contributed by atoms with E-state index in [1.807, 2.05) is 0 Å². The largest absolute Gasteiger partial charge is 0.505 e. The van der Waals surface area contributed by atoms with E-state index in [9.17, 15) is 13.9 Å². The van der Waals surface area contributed by atoms with Crippen molar-refractivity contribution in [1.82, 2.24) is 20.2 Å². The van der Waals surface area contributed by atoms with Gasteiger partial charge in [-0.05, 0) is 6.92 Å². The van der Waals surface area contributed by atoms with E-state index in [0.29, 0.717) is 21.6 Å². The lowest BCUT2D eigenvalue weighted by Crippen LogP contribution is -1.94. The van der Waals surface area contributed by atoms with E-state index in [1.165, 1.54) is 6.20 Å². The van der Waals surface area contributed by atoms with E-state index < -0.39 is 17.4 Å². The predicted molar refractivity (Wildman–Crippen MR) is 83.2 cm³/mol. The standard InChI is InChI=1S/C14H9F2N5OS/c1-4-8-10-9(5(15)2-6(22)11(10)16)12(19-13(8)21-20-4)7-3-18-14(17)23-7/h2-3,22H,1H3,(H2,17,18)(H,19,20,21). The van der Waals surface area contributed by atoms with Crippen molar-refractivity contribution in [2.24, 2.45) is 0 Å². The number of rotatable bonds is 1. The topological polar surface area (TPSA) is 101 Å². The fraction of sp³-hybridized carbons (Fsp3) is 0.0714. The van der Waals surface area contributed by atoms with E-state index in [4.69, 9.17) is 5.73 Å². The number of phenolic OH excluding ortho intramolecular Hbond substituents is 1. The Hall–Kier alpha value is -2.81. The molecule has 6 nitrogen and oxygen atoms in total. The molecule has 0 unspecified atom stereocenters. The van der Waals surface area contributed by atoms with Crippen LogP contribution in [-0.2, 0) is 0 Å². The molecule has 4 N–H and O–H groups in total. The number of aromatic hydroxyl groups is 1. The van der Waals surface area contributed by atoms with Gasteiger partial charge >= 0.3 is 0 Å². The van der Waals surface area contributed by atoms with Crippen LogP contribution in [0.15, 0.2) is 12.3 Å². The second-order valence-electron chi connectivity index (χ2n) is 5.00. The van der Waals surface area contributed by atoms with Crippen LogP contribution in [0.5, 0.6) is 5.75 Å². The molecule has 23 heavy (non-hydrogen) atoms. The molecule has 0 atom stereocenters. The molecule has 3 aromatic heterocycles. The molecule has 9 heteroatoms. The summed E-state index contributed by atoms with van der Waals surface area (Å²) in [4.78, 5) is 8.76. The maximum atomic E-state index is 14.5. The number of nitrogens with one attached hydrogen (secondary N) is 1. The lowest BCUT2D eigenvalue weighted by atomic mass is 10.0. The lowest BCUT2D eigenvalue weighted by Gasteiger charge is -2.09. The van der Waals surface area contributed by atoms with Gasteiger partial charge in [-0.3, -0.25) is 5.10 Å². The maximum Gasteiger partial charge on any atom is 0.180 e. The minimum atomic E-state index is -0.919. The summed E-state index contributed by atoms with van der Waals surface area (Å²) in [6.45, 7) is 1.64. The van der Waals surface area contributed by atoms with Gasteiger partial charge in [0.05, 0.1) is 21.7 Å². The molecule has 0 saturated carbocycles. The van der Waals surface area contributed by atoms with Crippen molar-refractivity contribution >= 4 is 38.3 Å². The first-order valence-electron chi connectivity index (χ1n) is 6.54. The molecule has 4 rings (SSSR count). The summed E-state index contributed by atoms with van der Waals surface area (Å²) in [5.74, 6) is -2.47. The van der Waals surface area contributed by atoms with Crippen molar-refractivity contribution in [2.75, 3.05) is 5.73 Å². The molecular weight excluding hydrogens is 324 g/mol. The highest BCUT2D eigenvalue weighted by molar-refractivity contribution is 7.18. The average molecular weight is 333 g/mol. The maximum absolute atomic E-state index is 14.5. The number of anilines is 1. The number of halogens is 2. The number of fused-ring (bicyclic) bond motifs is 3. The van der Waals surface area contributed by atoms with Gasteiger partial charge in [0.25, 0.3) is 0 Å². The number of aryl methyl sites for hydroxylation is 1. The first kappa shape index (κ1) is 13.8. The highest BCUT2D eigenvalue weighted by atomic mass is 32.1. The fourth-order valence-electron chi connectivity index (χ4n) is 2.62. The summed E-state index contributed by atoms with van der Waals surface area (Å²) in [6.07, 6.45) is 1.45. The van der Waals surface area contributed by atoms with E-state index >= 15 is 0 Å². The Labute approximate surface area is 131 Å². The zero-order valence-electron chi connectivity index (χ0n) is 11.7. The number of thiazole rings is 1. The second kappa shape index (κ2) is 4.59. The molecule has 4 aromatic rings. The van der Waals surface area contributed by atoms with Crippen LogP contribution >= 0.6 is 11.3 Å². The van der Waals surface area contributed by atoms with Crippen molar-refractivity contribution in [2.45, 2.75) is 6.92 Å². The molecule has 0 fully saturated rings. The Morgan fingerprint density at radius 2 is 2.04 bits per heavy atom. The van der Waals surface area contributed by atoms with Gasteiger partial charge in [0, 0.05) is 23.0 Å². The van der Waals surface area contributed by atoms with Crippen LogP contribution in [0.3, 0.4) is 0 Å². The molecule has 0 aliphatic heterocycles. The van der Waals surface area contributed by atoms with Crippen LogP contribution in [-0.4, -0.2) is 25.3 Å². The summed E-state index contributed by atoms with van der Waals surface area (Å²) in [7, 11) is 0. The fourth-order valence-corrected chi connectivity index (χ4v) is 3.30.